The molecule has 1 aromatic carbocycles. The Balaban J connectivity index is 2.77. The predicted octanol–water partition coefficient (Wildman–Crippen LogP) is 1.39. The van der Waals surface area contributed by atoms with E-state index in [1.165, 1.54) is 6.07 Å². The van der Waals surface area contributed by atoms with Gasteiger partial charge in [0, 0.05) is 22.5 Å². The maximum atomic E-state index is 10.9. The van der Waals surface area contributed by atoms with Crippen molar-refractivity contribution in [1.82, 2.24) is 0 Å². The molecule has 0 saturated carbocycles. The van der Waals surface area contributed by atoms with Crippen LogP contribution >= 0.6 is 11.6 Å². The van der Waals surface area contributed by atoms with Crippen molar-refractivity contribution in [2.24, 2.45) is 0 Å². The average Bonchev–Trinajstić information content (AvgIpc) is 2.13. The van der Waals surface area contributed by atoms with Crippen LogP contribution in [0.15, 0.2) is 18.2 Å². The normalized spacial score (nSPS) is 13.7. The van der Waals surface area contributed by atoms with Gasteiger partial charge in [-0.2, -0.15) is 0 Å². The Bertz CT molecular complexity index is 473. The Morgan fingerprint density at radius 1 is 1.50 bits per heavy atom. The highest BCUT2D eigenvalue weighted by Gasteiger charge is 2.14. The number of sulfone groups is 1. The number of benzene rings is 1. The van der Waals surface area contributed by atoms with E-state index in [0.29, 0.717) is 16.3 Å². The number of nitrogens with two attached hydrogens (primary N) is 1. The van der Waals surface area contributed by atoms with Gasteiger partial charge in [0.2, 0.25) is 0 Å². The van der Waals surface area contributed by atoms with Crippen LogP contribution in [0.4, 0.5) is 5.69 Å². The van der Waals surface area contributed by atoms with Gasteiger partial charge in [-0.05, 0) is 18.6 Å². The summed E-state index contributed by atoms with van der Waals surface area (Å²) in [5, 5.41) is 10.3. The summed E-state index contributed by atoms with van der Waals surface area (Å²) in [5.74, 6) is -0.0732. The van der Waals surface area contributed by atoms with E-state index in [2.05, 4.69) is 0 Å². The molecule has 1 rings (SSSR count). The molecule has 1 aromatic rings. The van der Waals surface area contributed by atoms with Gasteiger partial charge < -0.3 is 10.8 Å². The Morgan fingerprint density at radius 2 is 2.12 bits per heavy atom. The van der Waals surface area contributed by atoms with E-state index in [4.69, 9.17) is 17.3 Å². The lowest BCUT2D eigenvalue weighted by molar-refractivity contribution is 0.175. The summed E-state index contributed by atoms with van der Waals surface area (Å²) in [4.78, 5) is 0. The molecule has 0 bridgehead atoms. The summed E-state index contributed by atoms with van der Waals surface area (Å²) in [6.07, 6.45) is 0.377. The molecule has 0 radical (unpaired) electrons. The van der Waals surface area contributed by atoms with Gasteiger partial charge in [-0.1, -0.05) is 17.7 Å². The number of aliphatic hydroxyl groups excluding tert-OH is 1. The van der Waals surface area contributed by atoms with E-state index in [0.717, 1.165) is 6.26 Å². The molecule has 0 aromatic heterocycles. The molecule has 6 heteroatoms. The van der Waals surface area contributed by atoms with Crippen molar-refractivity contribution in [3.05, 3.63) is 28.8 Å². The van der Waals surface area contributed by atoms with Crippen LogP contribution in [0.1, 0.15) is 18.1 Å². The van der Waals surface area contributed by atoms with Crippen molar-refractivity contribution in [3.8, 4) is 0 Å². The lowest BCUT2D eigenvalue weighted by atomic mass is 10.1. The van der Waals surface area contributed by atoms with Gasteiger partial charge in [-0.15, -0.1) is 0 Å². The first kappa shape index (κ1) is 13.3. The first-order valence-electron chi connectivity index (χ1n) is 4.70. The van der Waals surface area contributed by atoms with Crippen molar-refractivity contribution in [3.63, 3.8) is 0 Å². The third-order valence-electron chi connectivity index (χ3n) is 2.17. The Morgan fingerprint density at radius 3 is 2.62 bits per heavy atom. The molecular weight excluding hydrogens is 250 g/mol. The molecule has 4 nitrogen and oxygen atoms in total. The highest BCUT2D eigenvalue weighted by atomic mass is 35.5. The largest absolute Gasteiger partial charge is 0.398 e. The lowest BCUT2D eigenvalue weighted by Crippen LogP contribution is -2.09. The van der Waals surface area contributed by atoms with Gasteiger partial charge in [0.25, 0.3) is 0 Å². The summed E-state index contributed by atoms with van der Waals surface area (Å²) in [6.45, 7) is 0. The van der Waals surface area contributed by atoms with Crippen molar-refractivity contribution in [1.29, 1.82) is 0 Å². The highest BCUT2D eigenvalue weighted by molar-refractivity contribution is 7.90. The van der Waals surface area contributed by atoms with Crippen LogP contribution in [0.25, 0.3) is 0 Å². The third-order valence-corrected chi connectivity index (χ3v) is 3.38. The van der Waals surface area contributed by atoms with E-state index in [1.54, 1.807) is 12.1 Å². The number of hydrogen-bond donors (Lipinski definition) is 2. The van der Waals surface area contributed by atoms with Crippen LogP contribution in [0.3, 0.4) is 0 Å². The smallest absolute Gasteiger partial charge is 0.147 e. The first-order valence-corrected chi connectivity index (χ1v) is 7.14. The maximum Gasteiger partial charge on any atom is 0.147 e. The fourth-order valence-corrected chi connectivity index (χ4v) is 2.16. The topological polar surface area (TPSA) is 80.4 Å². The molecular formula is C10H14ClNO3S. The standard InChI is InChI=1S/C10H14ClNO3S/c1-16(14,15)5-4-10(13)8-3-2-7(11)6-9(8)12/h2-3,6,10,13H,4-5,12H2,1H3. The number of hydrogen-bond acceptors (Lipinski definition) is 4. The number of aliphatic hydroxyl groups is 1. The van der Waals surface area contributed by atoms with E-state index in [9.17, 15) is 13.5 Å². The third kappa shape index (κ3) is 4.00. The number of rotatable bonds is 4. The molecule has 0 heterocycles. The summed E-state index contributed by atoms with van der Waals surface area (Å²) in [7, 11) is -3.08. The Labute approximate surface area is 100.0 Å². The lowest BCUT2D eigenvalue weighted by Gasteiger charge is -2.12. The molecule has 0 spiro atoms. The summed E-state index contributed by atoms with van der Waals surface area (Å²) < 4.78 is 21.9. The molecule has 0 aliphatic rings. The zero-order chi connectivity index (χ0) is 12.3. The number of anilines is 1. The van der Waals surface area contributed by atoms with Crippen LogP contribution in [-0.2, 0) is 9.84 Å². The second kappa shape index (κ2) is 5.03. The van der Waals surface area contributed by atoms with E-state index < -0.39 is 15.9 Å². The molecule has 0 fully saturated rings. The van der Waals surface area contributed by atoms with Crippen LogP contribution < -0.4 is 5.73 Å². The van der Waals surface area contributed by atoms with Crippen LogP contribution in [0.5, 0.6) is 0 Å². The van der Waals surface area contributed by atoms with Gasteiger partial charge in [0.15, 0.2) is 0 Å². The average molecular weight is 264 g/mol. The summed E-state index contributed by atoms with van der Waals surface area (Å²) in [6, 6.07) is 4.74. The Kier molecular flexibility index (Phi) is 4.18. The van der Waals surface area contributed by atoms with Crippen molar-refractivity contribution >= 4 is 27.1 Å². The fraction of sp³-hybridized carbons (Fsp3) is 0.400. The molecule has 0 aliphatic carbocycles. The Hall–Kier alpha value is -0.780. The molecule has 0 amide bonds. The minimum Gasteiger partial charge on any atom is -0.398 e. The number of nitrogen functional groups attached to an aromatic ring is 1. The summed E-state index contributed by atoms with van der Waals surface area (Å²) in [5.41, 5.74) is 6.54. The van der Waals surface area contributed by atoms with Gasteiger partial charge in [-0.3, -0.25) is 0 Å². The monoisotopic (exact) mass is 263 g/mol. The molecule has 0 saturated heterocycles. The zero-order valence-corrected chi connectivity index (χ0v) is 10.4. The number of halogens is 1. The van der Waals surface area contributed by atoms with Crippen LogP contribution in [0.2, 0.25) is 5.02 Å². The zero-order valence-electron chi connectivity index (χ0n) is 8.85. The molecule has 90 valence electrons. The molecule has 0 aliphatic heterocycles. The minimum atomic E-state index is -3.08. The van der Waals surface area contributed by atoms with Gasteiger partial charge >= 0.3 is 0 Å². The molecule has 3 N–H and O–H groups in total. The minimum absolute atomic E-state index is 0.0732. The van der Waals surface area contributed by atoms with Gasteiger partial charge in [0.1, 0.15) is 9.84 Å². The fourth-order valence-electron chi connectivity index (χ4n) is 1.33. The van der Waals surface area contributed by atoms with Crippen LogP contribution in [0, 0.1) is 0 Å². The first-order chi connectivity index (χ1) is 7.29. The molecule has 1 unspecified atom stereocenters. The van der Waals surface area contributed by atoms with Crippen LogP contribution in [-0.4, -0.2) is 25.5 Å². The second-order valence-corrected chi connectivity index (χ2v) is 6.40. The molecule has 16 heavy (non-hydrogen) atoms. The van der Waals surface area contributed by atoms with E-state index >= 15 is 0 Å². The highest BCUT2D eigenvalue weighted by Crippen LogP contribution is 2.26. The molecule has 1 atom stereocenters. The van der Waals surface area contributed by atoms with Gasteiger partial charge in [0.05, 0.1) is 11.9 Å². The predicted molar refractivity (Wildman–Crippen MR) is 65.2 cm³/mol. The van der Waals surface area contributed by atoms with E-state index in [-0.39, 0.29) is 12.2 Å². The quantitative estimate of drug-likeness (QED) is 0.805. The maximum absolute atomic E-state index is 10.9. The van der Waals surface area contributed by atoms with E-state index in [1.807, 2.05) is 0 Å². The summed E-state index contributed by atoms with van der Waals surface area (Å²) >= 11 is 5.71. The SMILES string of the molecule is CS(=O)(=O)CCC(O)c1ccc(Cl)cc1N. The van der Waals surface area contributed by atoms with Crippen molar-refractivity contribution < 1.29 is 13.5 Å². The van der Waals surface area contributed by atoms with Crippen molar-refractivity contribution in [2.75, 3.05) is 17.7 Å². The van der Waals surface area contributed by atoms with Crippen molar-refractivity contribution in [2.45, 2.75) is 12.5 Å². The van der Waals surface area contributed by atoms with Gasteiger partial charge in [-0.25, -0.2) is 8.42 Å². The second-order valence-electron chi connectivity index (χ2n) is 3.71.